The van der Waals surface area contributed by atoms with Crippen LogP contribution in [0.3, 0.4) is 0 Å². The van der Waals surface area contributed by atoms with Gasteiger partial charge < -0.3 is 15.1 Å². The van der Waals surface area contributed by atoms with E-state index in [0.717, 1.165) is 10.5 Å². The van der Waals surface area contributed by atoms with Gasteiger partial charge in [0.15, 0.2) is 0 Å². The first-order valence-electron chi connectivity index (χ1n) is 8.56. The summed E-state index contributed by atoms with van der Waals surface area (Å²) in [5, 5.41) is 31.6. The molecule has 1 fully saturated rings. The summed E-state index contributed by atoms with van der Waals surface area (Å²) in [7, 11) is 0. The molecule has 1 aliphatic rings. The predicted molar refractivity (Wildman–Crippen MR) is 100 cm³/mol. The third-order valence-corrected chi connectivity index (χ3v) is 4.63. The van der Waals surface area contributed by atoms with Crippen molar-refractivity contribution in [3.05, 3.63) is 80.9 Å². The van der Waals surface area contributed by atoms with Crippen LogP contribution >= 0.6 is 0 Å². The fourth-order valence-electron chi connectivity index (χ4n) is 3.29. The molecule has 0 bridgehead atoms. The SMILES string of the molecule is Cc1ccc(C(O)=C2C(=O)C(=O)N(CCO)[C@H]2c2ccccc2[N+](=O)[O-])cc1. The molecule has 0 aliphatic carbocycles. The number of hydrogen-bond donors (Lipinski definition) is 2. The number of likely N-dealkylation sites (tertiary alicyclic amines) is 1. The van der Waals surface area contributed by atoms with Crippen LogP contribution in [0.4, 0.5) is 5.69 Å². The zero-order chi connectivity index (χ0) is 20.4. The Bertz CT molecular complexity index is 980. The van der Waals surface area contributed by atoms with E-state index in [1.807, 2.05) is 6.92 Å². The average Bonchev–Trinajstić information content (AvgIpc) is 2.93. The maximum atomic E-state index is 12.7. The summed E-state index contributed by atoms with van der Waals surface area (Å²) in [6.07, 6.45) is 0. The van der Waals surface area contributed by atoms with Crippen molar-refractivity contribution in [2.45, 2.75) is 13.0 Å². The van der Waals surface area contributed by atoms with E-state index in [1.165, 1.54) is 18.2 Å². The minimum atomic E-state index is -1.17. The lowest BCUT2D eigenvalue weighted by Crippen LogP contribution is -2.32. The number of ketones is 1. The van der Waals surface area contributed by atoms with Crippen LogP contribution in [-0.2, 0) is 9.59 Å². The molecule has 2 N–H and O–H groups in total. The van der Waals surface area contributed by atoms with E-state index in [0.29, 0.717) is 5.56 Å². The molecular weight excluding hydrogens is 364 g/mol. The Hall–Kier alpha value is -3.52. The van der Waals surface area contributed by atoms with Gasteiger partial charge in [0.1, 0.15) is 5.76 Å². The van der Waals surface area contributed by atoms with E-state index in [1.54, 1.807) is 30.3 Å². The van der Waals surface area contributed by atoms with Crippen molar-refractivity contribution in [3.8, 4) is 0 Å². The molecule has 1 heterocycles. The summed E-state index contributed by atoms with van der Waals surface area (Å²) >= 11 is 0. The van der Waals surface area contributed by atoms with Crippen LogP contribution in [0.1, 0.15) is 22.7 Å². The van der Waals surface area contributed by atoms with Crippen LogP contribution in [0.2, 0.25) is 0 Å². The molecule has 0 saturated carbocycles. The highest BCUT2D eigenvalue weighted by molar-refractivity contribution is 6.46. The zero-order valence-electron chi connectivity index (χ0n) is 15.0. The molecule has 0 spiro atoms. The van der Waals surface area contributed by atoms with Crippen LogP contribution < -0.4 is 0 Å². The number of amides is 1. The molecule has 28 heavy (non-hydrogen) atoms. The second kappa shape index (κ2) is 7.61. The van der Waals surface area contributed by atoms with Gasteiger partial charge in [-0.05, 0) is 13.0 Å². The molecular formula is C20H18N2O6. The van der Waals surface area contributed by atoms with Gasteiger partial charge in [-0.25, -0.2) is 0 Å². The summed E-state index contributed by atoms with van der Waals surface area (Å²) in [6.45, 7) is 1.22. The molecule has 3 rings (SSSR count). The van der Waals surface area contributed by atoms with Crippen molar-refractivity contribution in [1.82, 2.24) is 4.90 Å². The van der Waals surface area contributed by atoms with Gasteiger partial charge >= 0.3 is 0 Å². The highest BCUT2D eigenvalue weighted by Crippen LogP contribution is 2.42. The number of nitrogens with zero attached hydrogens (tertiary/aromatic N) is 2. The molecule has 2 aromatic carbocycles. The number of nitro benzene ring substituents is 1. The topological polar surface area (TPSA) is 121 Å². The molecule has 1 atom stereocenters. The van der Waals surface area contributed by atoms with Gasteiger partial charge in [0.25, 0.3) is 17.4 Å². The Balaban J connectivity index is 2.26. The van der Waals surface area contributed by atoms with E-state index in [-0.39, 0.29) is 23.4 Å². The first-order valence-corrected chi connectivity index (χ1v) is 8.56. The van der Waals surface area contributed by atoms with E-state index in [4.69, 9.17) is 0 Å². The molecule has 0 radical (unpaired) electrons. The van der Waals surface area contributed by atoms with Crippen molar-refractivity contribution in [1.29, 1.82) is 0 Å². The van der Waals surface area contributed by atoms with Crippen molar-refractivity contribution < 1.29 is 24.7 Å². The van der Waals surface area contributed by atoms with Crippen molar-refractivity contribution >= 4 is 23.1 Å². The minimum Gasteiger partial charge on any atom is -0.507 e. The number of carbonyl (C=O) groups excluding carboxylic acids is 2. The summed E-state index contributed by atoms with van der Waals surface area (Å²) in [6, 6.07) is 11.2. The Kier molecular flexibility index (Phi) is 5.23. The molecule has 144 valence electrons. The lowest BCUT2D eigenvalue weighted by Gasteiger charge is -2.24. The Labute approximate surface area is 160 Å². The molecule has 0 unspecified atom stereocenters. The van der Waals surface area contributed by atoms with E-state index < -0.39 is 35.0 Å². The molecule has 8 nitrogen and oxygen atoms in total. The monoisotopic (exact) mass is 382 g/mol. The van der Waals surface area contributed by atoms with E-state index in [2.05, 4.69) is 0 Å². The lowest BCUT2D eigenvalue weighted by molar-refractivity contribution is -0.385. The fourth-order valence-corrected chi connectivity index (χ4v) is 3.29. The maximum Gasteiger partial charge on any atom is 0.295 e. The van der Waals surface area contributed by atoms with Crippen molar-refractivity contribution in [2.75, 3.05) is 13.2 Å². The number of carbonyl (C=O) groups is 2. The number of aryl methyl sites for hydroxylation is 1. The van der Waals surface area contributed by atoms with Crippen LogP contribution in [0.15, 0.2) is 54.1 Å². The van der Waals surface area contributed by atoms with Gasteiger partial charge in [-0.2, -0.15) is 0 Å². The van der Waals surface area contributed by atoms with Gasteiger partial charge in [-0.1, -0.05) is 42.0 Å². The largest absolute Gasteiger partial charge is 0.507 e. The Morgan fingerprint density at radius 3 is 2.39 bits per heavy atom. The Morgan fingerprint density at radius 2 is 1.79 bits per heavy atom. The van der Waals surface area contributed by atoms with E-state index >= 15 is 0 Å². The standard InChI is InChI=1S/C20H18N2O6/c1-12-6-8-13(9-7-12)18(24)16-17(21(10-11-23)20(26)19(16)25)14-4-2-3-5-15(14)22(27)28/h2-9,17,23-24H,10-11H2,1H3/t17-/m0/s1. The number of para-hydroxylation sites is 1. The smallest absolute Gasteiger partial charge is 0.295 e. The number of Topliss-reactive ketones (excluding diaryl/α,β-unsaturated/α-hetero) is 1. The average molecular weight is 382 g/mol. The first kappa shape index (κ1) is 19.2. The maximum absolute atomic E-state index is 12.7. The van der Waals surface area contributed by atoms with Crippen molar-refractivity contribution in [2.24, 2.45) is 0 Å². The lowest BCUT2D eigenvalue weighted by atomic mass is 9.94. The van der Waals surface area contributed by atoms with Gasteiger partial charge in [0.2, 0.25) is 0 Å². The summed E-state index contributed by atoms with van der Waals surface area (Å²) in [5.74, 6) is -2.29. The number of hydrogen-bond acceptors (Lipinski definition) is 6. The number of aliphatic hydroxyl groups is 2. The third kappa shape index (κ3) is 3.25. The zero-order valence-corrected chi connectivity index (χ0v) is 15.0. The predicted octanol–water partition coefficient (Wildman–Crippen LogP) is 2.32. The molecule has 2 aromatic rings. The molecule has 8 heteroatoms. The normalized spacial score (nSPS) is 18.5. The molecule has 1 saturated heterocycles. The summed E-state index contributed by atoms with van der Waals surface area (Å²) in [5.41, 5.74) is 0.821. The second-order valence-corrected chi connectivity index (χ2v) is 6.40. The van der Waals surface area contributed by atoms with E-state index in [9.17, 15) is 29.9 Å². The number of benzene rings is 2. The van der Waals surface area contributed by atoms with Crippen LogP contribution in [0.25, 0.3) is 5.76 Å². The number of β-amino-alcohol motifs (C(OH)–C–C–N with tert-alkyl or cyclic N) is 1. The van der Waals surface area contributed by atoms with Gasteiger partial charge in [0, 0.05) is 18.2 Å². The molecule has 1 amide bonds. The fraction of sp³-hybridized carbons (Fsp3) is 0.200. The summed E-state index contributed by atoms with van der Waals surface area (Å²) < 4.78 is 0. The van der Waals surface area contributed by atoms with Gasteiger partial charge in [-0.3, -0.25) is 19.7 Å². The van der Waals surface area contributed by atoms with Gasteiger partial charge in [-0.15, -0.1) is 0 Å². The second-order valence-electron chi connectivity index (χ2n) is 6.40. The Morgan fingerprint density at radius 1 is 1.14 bits per heavy atom. The quantitative estimate of drug-likeness (QED) is 0.269. The number of nitro groups is 1. The minimum absolute atomic E-state index is 0.0915. The van der Waals surface area contributed by atoms with Crippen LogP contribution in [-0.4, -0.2) is 44.9 Å². The molecule has 0 aromatic heterocycles. The number of aliphatic hydroxyl groups excluding tert-OH is 2. The highest BCUT2D eigenvalue weighted by atomic mass is 16.6. The molecule has 1 aliphatic heterocycles. The first-order chi connectivity index (χ1) is 13.4. The van der Waals surface area contributed by atoms with Crippen molar-refractivity contribution in [3.63, 3.8) is 0 Å². The van der Waals surface area contributed by atoms with Crippen LogP contribution in [0, 0.1) is 17.0 Å². The van der Waals surface area contributed by atoms with Crippen LogP contribution in [0.5, 0.6) is 0 Å². The number of rotatable bonds is 5. The summed E-state index contributed by atoms with van der Waals surface area (Å²) in [4.78, 5) is 37.1. The van der Waals surface area contributed by atoms with Gasteiger partial charge in [0.05, 0.1) is 28.7 Å². The highest BCUT2D eigenvalue weighted by Gasteiger charge is 2.47. The third-order valence-electron chi connectivity index (χ3n) is 4.63.